The van der Waals surface area contributed by atoms with Crippen molar-refractivity contribution in [2.75, 3.05) is 0 Å². The van der Waals surface area contributed by atoms with E-state index in [0.717, 1.165) is 5.71 Å². The van der Waals surface area contributed by atoms with Crippen LogP contribution in [-0.4, -0.2) is 12.0 Å². The molecule has 1 saturated carbocycles. The Morgan fingerprint density at radius 2 is 1.32 bits per heavy atom. The van der Waals surface area contributed by atoms with E-state index in [2.05, 4.69) is 17.5 Å². The summed E-state index contributed by atoms with van der Waals surface area (Å²) in [6.45, 7) is 2.10. The fraction of sp³-hybridized carbons (Fsp3) is 0.933. The summed E-state index contributed by atoms with van der Waals surface area (Å²) in [6, 6.07) is 0. The standard InChI is InChI=1S/C15H32N4/c1-13(18-19-15(16)17)14-11-9-7-5-3-2-4-6-8-10-12-14/h14-15,19H,2-12,16-17H2,1H3/b18-13+. The van der Waals surface area contributed by atoms with Crippen LogP contribution >= 0.6 is 0 Å². The quantitative estimate of drug-likeness (QED) is 0.418. The van der Waals surface area contributed by atoms with E-state index < -0.39 is 6.29 Å². The van der Waals surface area contributed by atoms with Gasteiger partial charge in [-0.3, -0.25) is 16.9 Å². The molecule has 0 amide bonds. The summed E-state index contributed by atoms with van der Waals surface area (Å²) in [5.74, 6) is 0.602. The van der Waals surface area contributed by atoms with E-state index in [1.165, 1.54) is 70.6 Å². The summed E-state index contributed by atoms with van der Waals surface area (Å²) >= 11 is 0. The van der Waals surface area contributed by atoms with Crippen LogP contribution in [0.2, 0.25) is 0 Å². The monoisotopic (exact) mass is 268 g/mol. The van der Waals surface area contributed by atoms with E-state index >= 15 is 0 Å². The minimum Gasteiger partial charge on any atom is -0.298 e. The molecule has 0 aromatic heterocycles. The molecular formula is C15H32N4. The second-order valence-electron chi connectivity index (χ2n) is 5.86. The normalized spacial score (nSPS) is 21.8. The van der Waals surface area contributed by atoms with Crippen LogP contribution in [-0.2, 0) is 0 Å². The van der Waals surface area contributed by atoms with E-state index in [1.807, 2.05) is 0 Å². The second-order valence-corrected chi connectivity index (χ2v) is 5.86. The third kappa shape index (κ3) is 8.22. The molecule has 1 aliphatic carbocycles. The predicted octanol–water partition coefficient (Wildman–Crippen LogP) is 3.07. The van der Waals surface area contributed by atoms with Crippen molar-refractivity contribution in [3.8, 4) is 0 Å². The van der Waals surface area contributed by atoms with E-state index in [0.29, 0.717) is 5.92 Å². The molecule has 0 radical (unpaired) electrons. The number of nitrogens with zero attached hydrogens (tertiary/aromatic N) is 1. The minimum atomic E-state index is -0.554. The third-order valence-electron chi connectivity index (χ3n) is 4.09. The zero-order chi connectivity index (χ0) is 13.9. The van der Waals surface area contributed by atoms with Crippen LogP contribution in [0.3, 0.4) is 0 Å². The van der Waals surface area contributed by atoms with Crippen LogP contribution in [0, 0.1) is 5.92 Å². The molecule has 0 saturated heterocycles. The molecule has 0 heterocycles. The first kappa shape index (κ1) is 16.4. The van der Waals surface area contributed by atoms with Crippen LogP contribution in [0.5, 0.6) is 0 Å². The number of nitrogens with two attached hydrogens (primary N) is 2. The van der Waals surface area contributed by atoms with Gasteiger partial charge >= 0.3 is 0 Å². The zero-order valence-corrected chi connectivity index (χ0v) is 12.5. The van der Waals surface area contributed by atoms with Crippen molar-refractivity contribution in [3.63, 3.8) is 0 Å². The SMILES string of the molecule is C/C(=N\NC(N)N)C1CCCCCCCCCCC1. The maximum Gasteiger partial charge on any atom is 0.142 e. The topological polar surface area (TPSA) is 76.4 Å². The molecule has 0 aromatic carbocycles. The highest BCUT2D eigenvalue weighted by molar-refractivity contribution is 5.84. The first-order valence-corrected chi connectivity index (χ1v) is 8.01. The van der Waals surface area contributed by atoms with Gasteiger partial charge in [0.2, 0.25) is 0 Å². The molecule has 0 aliphatic heterocycles. The lowest BCUT2D eigenvalue weighted by Gasteiger charge is -2.18. The van der Waals surface area contributed by atoms with Crippen molar-refractivity contribution in [2.45, 2.75) is 83.8 Å². The smallest absolute Gasteiger partial charge is 0.142 e. The number of hydrazone groups is 1. The Bertz CT molecular complexity index is 239. The maximum atomic E-state index is 5.47. The molecule has 0 unspecified atom stereocenters. The van der Waals surface area contributed by atoms with E-state index in [4.69, 9.17) is 11.5 Å². The molecule has 1 fully saturated rings. The molecule has 19 heavy (non-hydrogen) atoms. The molecule has 5 N–H and O–H groups in total. The second kappa shape index (κ2) is 10.2. The predicted molar refractivity (Wildman–Crippen MR) is 82.7 cm³/mol. The third-order valence-corrected chi connectivity index (χ3v) is 4.09. The van der Waals surface area contributed by atoms with Crippen molar-refractivity contribution >= 4 is 5.71 Å². The fourth-order valence-corrected chi connectivity index (χ4v) is 2.85. The highest BCUT2D eigenvalue weighted by Gasteiger charge is 2.13. The zero-order valence-electron chi connectivity index (χ0n) is 12.5. The number of nitrogens with one attached hydrogen (secondary N) is 1. The number of hydrogen-bond acceptors (Lipinski definition) is 4. The molecule has 0 spiro atoms. The number of hydrogen-bond donors (Lipinski definition) is 3. The Labute approximate surface area is 118 Å². The van der Waals surface area contributed by atoms with Crippen molar-refractivity contribution in [2.24, 2.45) is 22.5 Å². The summed E-state index contributed by atoms with van der Waals surface area (Å²) in [6.07, 6.45) is 14.4. The Morgan fingerprint density at radius 1 is 0.895 bits per heavy atom. The van der Waals surface area contributed by atoms with Crippen molar-refractivity contribution in [1.29, 1.82) is 0 Å². The molecule has 0 aromatic rings. The highest BCUT2D eigenvalue weighted by atomic mass is 15.4. The Hall–Kier alpha value is -0.610. The summed E-state index contributed by atoms with van der Waals surface area (Å²) in [7, 11) is 0. The molecule has 4 heteroatoms. The molecule has 0 atom stereocenters. The van der Waals surface area contributed by atoms with Crippen molar-refractivity contribution in [1.82, 2.24) is 5.43 Å². The van der Waals surface area contributed by atoms with E-state index in [1.54, 1.807) is 0 Å². The summed E-state index contributed by atoms with van der Waals surface area (Å²) in [5.41, 5.74) is 14.9. The Morgan fingerprint density at radius 3 is 1.74 bits per heavy atom. The Balaban J connectivity index is 2.43. The molecule has 112 valence electrons. The van der Waals surface area contributed by atoms with Gasteiger partial charge in [-0.05, 0) is 25.7 Å². The van der Waals surface area contributed by atoms with Crippen LogP contribution in [0.1, 0.15) is 77.6 Å². The van der Waals surface area contributed by atoms with Gasteiger partial charge in [-0.2, -0.15) is 5.10 Å². The molecule has 1 rings (SSSR count). The van der Waals surface area contributed by atoms with Crippen LogP contribution in [0.4, 0.5) is 0 Å². The fourth-order valence-electron chi connectivity index (χ4n) is 2.85. The lowest BCUT2D eigenvalue weighted by molar-refractivity contribution is 0.460. The largest absolute Gasteiger partial charge is 0.298 e. The average Bonchev–Trinajstić information content (AvgIpc) is 2.36. The maximum absolute atomic E-state index is 5.47. The summed E-state index contributed by atoms with van der Waals surface area (Å²) in [5, 5.41) is 4.33. The van der Waals surface area contributed by atoms with Gasteiger partial charge < -0.3 is 0 Å². The van der Waals surface area contributed by atoms with Gasteiger partial charge in [0, 0.05) is 5.71 Å². The minimum absolute atomic E-state index is 0.554. The van der Waals surface area contributed by atoms with Gasteiger partial charge in [0.1, 0.15) is 6.29 Å². The van der Waals surface area contributed by atoms with Gasteiger partial charge in [0.25, 0.3) is 0 Å². The first-order chi connectivity index (χ1) is 9.20. The molecule has 4 nitrogen and oxygen atoms in total. The van der Waals surface area contributed by atoms with Gasteiger partial charge in [-0.1, -0.05) is 57.8 Å². The van der Waals surface area contributed by atoms with Gasteiger partial charge in [0.15, 0.2) is 0 Å². The highest BCUT2D eigenvalue weighted by Crippen LogP contribution is 2.22. The molecule has 0 bridgehead atoms. The van der Waals surface area contributed by atoms with Gasteiger partial charge in [0.05, 0.1) is 0 Å². The van der Waals surface area contributed by atoms with Crippen LogP contribution in [0.25, 0.3) is 0 Å². The van der Waals surface area contributed by atoms with E-state index in [-0.39, 0.29) is 0 Å². The summed E-state index contributed by atoms with van der Waals surface area (Å²) in [4.78, 5) is 0. The van der Waals surface area contributed by atoms with Crippen molar-refractivity contribution in [3.05, 3.63) is 0 Å². The molecular weight excluding hydrogens is 236 g/mol. The summed E-state index contributed by atoms with van der Waals surface area (Å²) < 4.78 is 0. The lowest BCUT2D eigenvalue weighted by Crippen LogP contribution is -2.42. The van der Waals surface area contributed by atoms with Crippen LogP contribution < -0.4 is 16.9 Å². The lowest BCUT2D eigenvalue weighted by atomic mass is 9.90. The van der Waals surface area contributed by atoms with Gasteiger partial charge in [-0.25, -0.2) is 0 Å². The van der Waals surface area contributed by atoms with Crippen LogP contribution in [0.15, 0.2) is 5.10 Å². The average molecular weight is 268 g/mol. The van der Waals surface area contributed by atoms with Crippen molar-refractivity contribution < 1.29 is 0 Å². The number of rotatable bonds is 3. The first-order valence-electron chi connectivity index (χ1n) is 8.01. The van der Waals surface area contributed by atoms with E-state index in [9.17, 15) is 0 Å². The van der Waals surface area contributed by atoms with Gasteiger partial charge in [-0.15, -0.1) is 0 Å². The Kier molecular flexibility index (Phi) is 8.84. The molecule has 1 aliphatic rings.